The molecule has 0 aliphatic rings. The highest BCUT2D eigenvalue weighted by atomic mass is 16.2. The van der Waals surface area contributed by atoms with Crippen LogP contribution in [0.5, 0.6) is 0 Å². The number of aromatic nitrogens is 2. The van der Waals surface area contributed by atoms with Crippen molar-refractivity contribution in [3.05, 3.63) is 30.4 Å². The van der Waals surface area contributed by atoms with Crippen molar-refractivity contribution in [3.8, 4) is 0 Å². The smallest absolute Gasteiger partial charge is 0.264 e. The van der Waals surface area contributed by atoms with E-state index in [1.807, 2.05) is 13.1 Å². The van der Waals surface area contributed by atoms with Crippen molar-refractivity contribution in [1.82, 2.24) is 9.66 Å². The number of hydrogen-bond acceptors (Lipinski definition) is 2. The molecule has 4 nitrogen and oxygen atoms in total. The predicted molar refractivity (Wildman–Crippen MR) is 65.0 cm³/mol. The van der Waals surface area contributed by atoms with Gasteiger partial charge in [-0.05, 0) is 25.3 Å². The molecule has 1 amide bonds. The Kier molecular flexibility index (Phi) is 3.88. The lowest BCUT2D eigenvalue weighted by Crippen LogP contribution is -2.35. The number of carbonyl (C=O) groups excluding carboxylic acids is 1. The van der Waals surface area contributed by atoms with Gasteiger partial charge in [0.1, 0.15) is 5.82 Å². The molecule has 0 saturated heterocycles. The summed E-state index contributed by atoms with van der Waals surface area (Å²) < 4.78 is 1.76. The maximum Gasteiger partial charge on any atom is 0.264 e. The Labute approximate surface area is 96.6 Å². The molecule has 0 fully saturated rings. The Hall–Kier alpha value is -1.58. The van der Waals surface area contributed by atoms with E-state index in [0.717, 1.165) is 17.9 Å². The molecule has 0 unspecified atom stereocenters. The third-order valence-electron chi connectivity index (χ3n) is 2.81. The molecule has 0 radical (unpaired) electrons. The van der Waals surface area contributed by atoms with Crippen LogP contribution in [0.4, 0.5) is 0 Å². The molecule has 1 aromatic heterocycles. The van der Waals surface area contributed by atoms with Crippen LogP contribution in [0.15, 0.2) is 18.9 Å². The summed E-state index contributed by atoms with van der Waals surface area (Å²) in [5, 5.41) is 1.50. The second-order valence-corrected chi connectivity index (χ2v) is 3.93. The summed E-state index contributed by atoms with van der Waals surface area (Å²) in [7, 11) is 1.71. The summed E-state index contributed by atoms with van der Waals surface area (Å²) in [4.78, 5) is 15.9. The van der Waals surface area contributed by atoms with Gasteiger partial charge in [0.25, 0.3) is 5.91 Å². The largest absolute Gasteiger partial charge is 0.268 e. The van der Waals surface area contributed by atoms with Gasteiger partial charge in [-0.1, -0.05) is 20.4 Å². The number of nitrogens with zero attached hydrogens (tertiary/aromatic N) is 3. The van der Waals surface area contributed by atoms with Crippen molar-refractivity contribution in [2.75, 3.05) is 12.1 Å². The zero-order valence-corrected chi connectivity index (χ0v) is 10.4. The summed E-state index contributed by atoms with van der Waals surface area (Å²) in [5.74, 6) is 1.08. The number of hydrogen-bond donors (Lipinski definition) is 0. The Morgan fingerprint density at radius 3 is 2.88 bits per heavy atom. The monoisotopic (exact) mass is 221 g/mol. The van der Waals surface area contributed by atoms with Crippen molar-refractivity contribution in [2.24, 2.45) is 0 Å². The molecular weight excluding hydrogens is 202 g/mol. The van der Waals surface area contributed by atoms with Gasteiger partial charge in [-0.25, -0.2) is 14.7 Å². The van der Waals surface area contributed by atoms with E-state index >= 15 is 0 Å². The van der Waals surface area contributed by atoms with E-state index in [1.165, 1.54) is 11.1 Å². The normalized spacial score (nSPS) is 12.2. The second-order valence-electron chi connectivity index (χ2n) is 3.93. The van der Waals surface area contributed by atoms with Crippen LogP contribution in [0.1, 0.15) is 37.7 Å². The van der Waals surface area contributed by atoms with Crippen LogP contribution < -0.4 is 5.01 Å². The molecule has 0 aliphatic carbocycles. The minimum Gasteiger partial charge on any atom is -0.268 e. The molecule has 88 valence electrons. The summed E-state index contributed by atoms with van der Waals surface area (Å²) in [6, 6.07) is 0. The van der Waals surface area contributed by atoms with E-state index in [-0.39, 0.29) is 5.91 Å². The van der Waals surface area contributed by atoms with Crippen LogP contribution in [0, 0.1) is 6.92 Å². The molecule has 1 heterocycles. The van der Waals surface area contributed by atoms with Gasteiger partial charge in [0.15, 0.2) is 0 Å². The standard InChI is InChI=1S/C12H19N3O/c1-6-9(3)11-8-15(10(4)13-11)14(5)12(16)7-2/h7-9H,2,6H2,1,3-5H3/t9-/m0/s1. The molecule has 0 bridgehead atoms. The third kappa shape index (κ3) is 2.32. The maximum absolute atomic E-state index is 11.5. The molecule has 0 saturated carbocycles. The molecular formula is C12H19N3O. The average molecular weight is 221 g/mol. The van der Waals surface area contributed by atoms with Gasteiger partial charge in [0.05, 0.1) is 11.9 Å². The maximum atomic E-state index is 11.5. The quantitative estimate of drug-likeness (QED) is 0.729. The molecule has 0 aliphatic heterocycles. The van der Waals surface area contributed by atoms with Crippen LogP contribution >= 0.6 is 0 Å². The second kappa shape index (κ2) is 4.96. The van der Waals surface area contributed by atoms with Gasteiger partial charge >= 0.3 is 0 Å². The lowest BCUT2D eigenvalue weighted by Gasteiger charge is -2.17. The topological polar surface area (TPSA) is 38.1 Å². The van der Waals surface area contributed by atoms with Crippen LogP contribution in [-0.2, 0) is 4.79 Å². The first-order chi connectivity index (χ1) is 7.51. The van der Waals surface area contributed by atoms with Gasteiger partial charge in [0.2, 0.25) is 0 Å². The van der Waals surface area contributed by atoms with Crippen molar-refractivity contribution in [1.29, 1.82) is 0 Å². The zero-order chi connectivity index (χ0) is 12.3. The molecule has 1 rings (SSSR count). The van der Waals surface area contributed by atoms with Crippen LogP contribution in [0.25, 0.3) is 0 Å². The van der Waals surface area contributed by atoms with Crippen LogP contribution in [0.3, 0.4) is 0 Å². The fourth-order valence-corrected chi connectivity index (χ4v) is 1.47. The SMILES string of the molecule is C=CC(=O)N(C)n1cc([C@@H](C)CC)nc1C. The number of rotatable bonds is 4. The van der Waals surface area contributed by atoms with E-state index in [9.17, 15) is 4.79 Å². The number of aryl methyl sites for hydroxylation is 1. The van der Waals surface area contributed by atoms with Gasteiger partial charge < -0.3 is 0 Å². The molecule has 1 atom stereocenters. The van der Waals surface area contributed by atoms with Gasteiger partial charge in [-0.2, -0.15) is 0 Å². The molecule has 4 heteroatoms. The van der Waals surface area contributed by atoms with Crippen molar-refractivity contribution in [3.63, 3.8) is 0 Å². The highest BCUT2D eigenvalue weighted by Crippen LogP contribution is 2.17. The number of amides is 1. The lowest BCUT2D eigenvalue weighted by molar-refractivity contribution is -0.115. The van der Waals surface area contributed by atoms with E-state index in [0.29, 0.717) is 5.92 Å². The summed E-state index contributed by atoms with van der Waals surface area (Å²) in [6.45, 7) is 9.61. The summed E-state index contributed by atoms with van der Waals surface area (Å²) in [5.41, 5.74) is 1.02. The number of likely N-dealkylation sites (N-methyl/N-ethyl adjacent to an activating group) is 1. The average Bonchev–Trinajstić information content (AvgIpc) is 2.68. The fraction of sp³-hybridized carbons (Fsp3) is 0.500. The fourth-order valence-electron chi connectivity index (χ4n) is 1.47. The number of imidazole rings is 1. The first-order valence-corrected chi connectivity index (χ1v) is 5.47. The zero-order valence-electron chi connectivity index (χ0n) is 10.4. The Bertz CT molecular complexity index is 395. The van der Waals surface area contributed by atoms with E-state index in [2.05, 4.69) is 25.4 Å². The van der Waals surface area contributed by atoms with Gasteiger partial charge in [0, 0.05) is 7.05 Å². The van der Waals surface area contributed by atoms with Crippen LogP contribution in [-0.4, -0.2) is 22.6 Å². The van der Waals surface area contributed by atoms with Gasteiger partial charge in [-0.3, -0.25) is 4.79 Å². The van der Waals surface area contributed by atoms with Crippen LogP contribution in [0.2, 0.25) is 0 Å². The third-order valence-corrected chi connectivity index (χ3v) is 2.81. The minimum absolute atomic E-state index is 0.142. The Morgan fingerprint density at radius 1 is 1.75 bits per heavy atom. The Morgan fingerprint density at radius 2 is 2.38 bits per heavy atom. The van der Waals surface area contributed by atoms with E-state index in [4.69, 9.17) is 0 Å². The molecule has 16 heavy (non-hydrogen) atoms. The van der Waals surface area contributed by atoms with E-state index < -0.39 is 0 Å². The molecule has 0 N–H and O–H groups in total. The molecule has 1 aromatic rings. The lowest BCUT2D eigenvalue weighted by atomic mass is 10.1. The highest BCUT2D eigenvalue weighted by molar-refractivity contribution is 5.94. The van der Waals surface area contributed by atoms with Crippen molar-refractivity contribution in [2.45, 2.75) is 33.1 Å². The number of carbonyl (C=O) groups is 1. The highest BCUT2D eigenvalue weighted by Gasteiger charge is 2.14. The summed E-state index contributed by atoms with van der Waals surface area (Å²) >= 11 is 0. The first kappa shape index (κ1) is 12.5. The predicted octanol–water partition coefficient (Wildman–Crippen LogP) is 1.99. The van der Waals surface area contributed by atoms with Gasteiger partial charge in [-0.15, -0.1) is 0 Å². The summed E-state index contributed by atoms with van der Waals surface area (Å²) in [6.07, 6.45) is 4.24. The molecule has 0 aromatic carbocycles. The van der Waals surface area contributed by atoms with E-state index in [1.54, 1.807) is 11.7 Å². The first-order valence-electron chi connectivity index (χ1n) is 5.47. The van der Waals surface area contributed by atoms with Crippen molar-refractivity contribution < 1.29 is 4.79 Å². The minimum atomic E-state index is -0.142. The molecule has 0 spiro atoms. The van der Waals surface area contributed by atoms with Crippen molar-refractivity contribution >= 4 is 5.91 Å². The Balaban J connectivity index is 3.02.